The Bertz CT molecular complexity index is 854. The highest BCUT2D eigenvalue weighted by Crippen LogP contribution is 2.31. The Kier molecular flexibility index (Phi) is 6.05. The molecular weight excluding hydrogens is 360 g/mol. The van der Waals surface area contributed by atoms with Crippen molar-refractivity contribution in [3.8, 4) is 11.5 Å². The van der Waals surface area contributed by atoms with Crippen molar-refractivity contribution in [3.63, 3.8) is 0 Å². The number of hydrogen-bond donors (Lipinski definition) is 1. The number of hydrogen-bond acceptors (Lipinski definition) is 5. The summed E-state index contributed by atoms with van der Waals surface area (Å²) >= 11 is 6.06. The zero-order valence-corrected chi connectivity index (χ0v) is 15.6. The Balaban J connectivity index is 2.12. The quantitative estimate of drug-likeness (QED) is 0.598. The predicted molar refractivity (Wildman–Crippen MR) is 99.3 cm³/mol. The maximum absolute atomic E-state index is 12.4. The van der Waals surface area contributed by atoms with Crippen LogP contribution in [0, 0.1) is 24.0 Å². The third-order valence-electron chi connectivity index (χ3n) is 3.79. The second kappa shape index (κ2) is 8.05. The first-order valence-electron chi connectivity index (χ1n) is 7.79. The molecule has 138 valence electrons. The lowest BCUT2D eigenvalue weighted by atomic mass is 10.2. The molecule has 26 heavy (non-hydrogen) atoms. The van der Waals surface area contributed by atoms with Gasteiger partial charge in [0.1, 0.15) is 11.5 Å². The molecule has 8 heteroatoms. The summed E-state index contributed by atoms with van der Waals surface area (Å²) in [5.41, 5.74) is 1.72. The Morgan fingerprint density at radius 2 is 1.92 bits per heavy atom. The van der Waals surface area contributed by atoms with Crippen LogP contribution in [0.2, 0.25) is 5.02 Å². The van der Waals surface area contributed by atoms with Crippen LogP contribution >= 0.6 is 11.6 Å². The maximum atomic E-state index is 12.4. The molecule has 0 heterocycles. The van der Waals surface area contributed by atoms with Gasteiger partial charge in [-0.2, -0.15) is 0 Å². The van der Waals surface area contributed by atoms with Crippen molar-refractivity contribution in [2.75, 3.05) is 12.4 Å². The summed E-state index contributed by atoms with van der Waals surface area (Å²) in [7, 11) is 1.48. The van der Waals surface area contributed by atoms with Crippen LogP contribution in [0.25, 0.3) is 0 Å². The van der Waals surface area contributed by atoms with E-state index in [1.165, 1.54) is 25.3 Å². The molecule has 0 fully saturated rings. The summed E-state index contributed by atoms with van der Waals surface area (Å²) in [4.78, 5) is 22.8. The topological polar surface area (TPSA) is 90.7 Å². The Labute approximate surface area is 156 Å². The molecule has 0 unspecified atom stereocenters. The Morgan fingerprint density at radius 3 is 2.50 bits per heavy atom. The molecule has 0 bridgehead atoms. The van der Waals surface area contributed by atoms with E-state index in [1.54, 1.807) is 26.0 Å². The van der Waals surface area contributed by atoms with Gasteiger partial charge in [-0.15, -0.1) is 0 Å². The number of nitrogens with zero attached hydrogens (tertiary/aromatic N) is 1. The molecule has 0 aromatic heterocycles. The van der Waals surface area contributed by atoms with E-state index in [1.807, 2.05) is 6.92 Å². The molecule has 1 atom stereocenters. The largest absolute Gasteiger partial charge is 0.495 e. The van der Waals surface area contributed by atoms with Crippen molar-refractivity contribution in [1.82, 2.24) is 0 Å². The maximum Gasteiger partial charge on any atom is 0.272 e. The van der Waals surface area contributed by atoms with Gasteiger partial charge in [-0.05, 0) is 44.5 Å². The molecule has 0 saturated carbocycles. The van der Waals surface area contributed by atoms with Gasteiger partial charge in [0.25, 0.3) is 11.6 Å². The fraction of sp³-hybridized carbons (Fsp3) is 0.278. The highest BCUT2D eigenvalue weighted by atomic mass is 35.5. The number of halogens is 1. The monoisotopic (exact) mass is 378 g/mol. The van der Waals surface area contributed by atoms with Gasteiger partial charge in [0.05, 0.1) is 17.7 Å². The molecule has 2 aromatic carbocycles. The molecule has 2 rings (SSSR count). The number of anilines is 1. The third kappa shape index (κ3) is 4.43. The third-order valence-corrected chi connectivity index (χ3v) is 4.19. The van der Waals surface area contributed by atoms with Crippen LogP contribution in [0.15, 0.2) is 30.3 Å². The van der Waals surface area contributed by atoms with Gasteiger partial charge in [0, 0.05) is 22.7 Å². The predicted octanol–water partition coefficient (Wildman–Crippen LogP) is 4.28. The number of nitrogens with one attached hydrogen (secondary N) is 1. The standard InChI is InChI=1S/C18H19ClN2O5/c1-10-8-15(17(25-4)9-14(10)19)20-18(22)12(3)26-13-5-6-16(21(23)24)11(2)7-13/h5-9,12H,1-4H3,(H,20,22)/t12-/m0/s1. The number of carbonyl (C=O) groups is 1. The van der Waals surface area contributed by atoms with Gasteiger partial charge in [-0.3, -0.25) is 14.9 Å². The molecule has 1 N–H and O–H groups in total. The molecule has 1 amide bonds. The highest BCUT2D eigenvalue weighted by Gasteiger charge is 2.19. The van der Waals surface area contributed by atoms with Gasteiger partial charge in [0.2, 0.25) is 0 Å². The summed E-state index contributed by atoms with van der Waals surface area (Å²) in [6, 6.07) is 7.66. The number of ether oxygens (including phenoxy) is 2. The van der Waals surface area contributed by atoms with Gasteiger partial charge in [-0.25, -0.2) is 0 Å². The molecule has 2 aromatic rings. The second-order valence-electron chi connectivity index (χ2n) is 5.76. The second-order valence-corrected chi connectivity index (χ2v) is 6.16. The number of carbonyl (C=O) groups excluding carboxylic acids is 1. The average molecular weight is 379 g/mol. The number of aryl methyl sites for hydroxylation is 2. The fourth-order valence-electron chi connectivity index (χ4n) is 2.33. The van der Waals surface area contributed by atoms with E-state index in [4.69, 9.17) is 21.1 Å². The van der Waals surface area contributed by atoms with Crippen molar-refractivity contribution in [2.45, 2.75) is 26.9 Å². The van der Waals surface area contributed by atoms with Crippen LogP contribution in [-0.2, 0) is 4.79 Å². The zero-order chi connectivity index (χ0) is 19.4. The van der Waals surface area contributed by atoms with E-state index in [-0.39, 0.29) is 11.6 Å². The van der Waals surface area contributed by atoms with Crippen LogP contribution in [0.3, 0.4) is 0 Å². The van der Waals surface area contributed by atoms with Gasteiger partial charge < -0.3 is 14.8 Å². The van der Waals surface area contributed by atoms with Crippen molar-refractivity contribution >= 4 is 28.9 Å². The van der Waals surface area contributed by atoms with Crippen molar-refractivity contribution in [2.24, 2.45) is 0 Å². The van der Waals surface area contributed by atoms with Gasteiger partial charge >= 0.3 is 0 Å². The SMILES string of the molecule is COc1cc(Cl)c(C)cc1NC(=O)[C@H](C)Oc1ccc([N+](=O)[O-])c(C)c1. The Morgan fingerprint density at radius 1 is 1.23 bits per heavy atom. The number of methoxy groups -OCH3 is 1. The average Bonchev–Trinajstić information content (AvgIpc) is 2.57. The lowest BCUT2D eigenvalue weighted by Crippen LogP contribution is -2.30. The fourth-order valence-corrected chi connectivity index (χ4v) is 2.48. The first kappa shape index (κ1) is 19.5. The molecule has 0 aliphatic carbocycles. The number of rotatable bonds is 6. The van der Waals surface area contributed by atoms with Gasteiger partial charge in [-0.1, -0.05) is 11.6 Å². The highest BCUT2D eigenvalue weighted by molar-refractivity contribution is 6.31. The van der Waals surface area contributed by atoms with E-state index in [9.17, 15) is 14.9 Å². The number of nitro benzene ring substituents is 1. The zero-order valence-electron chi connectivity index (χ0n) is 14.8. The summed E-state index contributed by atoms with van der Waals surface area (Å²) in [6.45, 7) is 5.01. The minimum absolute atomic E-state index is 0.00386. The van der Waals surface area contributed by atoms with E-state index in [0.29, 0.717) is 27.8 Å². The number of benzene rings is 2. The molecule has 0 spiro atoms. The smallest absolute Gasteiger partial charge is 0.272 e. The minimum atomic E-state index is -0.823. The van der Waals surface area contributed by atoms with E-state index < -0.39 is 11.0 Å². The van der Waals surface area contributed by atoms with Crippen molar-refractivity contribution < 1.29 is 19.2 Å². The summed E-state index contributed by atoms with van der Waals surface area (Å²) in [5.74, 6) is 0.420. The molecule has 0 radical (unpaired) electrons. The summed E-state index contributed by atoms with van der Waals surface area (Å²) in [5, 5.41) is 14.1. The lowest BCUT2D eigenvalue weighted by Gasteiger charge is -2.17. The number of nitro groups is 1. The normalized spacial score (nSPS) is 11.6. The van der Waals surface area contributed by atoms with Crippen LogP contribution in [0.4, 0.5) is 11.4 Å². The summed E-state index contributed by atoms with van der Waals surface area (Å²) in [6.07, 6.45) is -0.823. The van der Waals surface area contributed by atoms with Gasteiger partial charge in [0.15, 0.2) is 6.10 Å². The molecule has 7 nitrogen and oxygen atoms in total. The molecule has 0 aliphatic heterocycles. The van der Waals surface area contributed by atoms with Crippen molar-refractivity contribution in [1.29, 1.82) is 0 Å². The number of amides is 1. The van der Waals surface area contributed by atoms with E-state index in [2.05, 4.69) is 5.32 Å². The first-order chi connectivity index (χ1) is 12.2. The molecule has 0 aliphatic rings. The van der Waals surface area contributed by atoms with Crippen molar-refractivity contribution in [3.05, 3.63) is 56.6 Å². The van der Waals surface area contributed by atoms with Crippen LogP contribution < -0.4 is 14.8 Å². The minimum Gasteiger partial charge on any atom is -0.495 e. The van der Waals surface area contributed by atoms with E-state index in [0.717, 1.165) is 5.56 Å². The van der Waals surface area contributed by atoms with Crippen LogP contribution in [-0.4, -0.2) is 24.0 Å². The lowest BCUT2D eigenvalue weighted by molar-refractivity contribution is -0.385. The van der Waals surface area contributed by atoms with Crippen LogP contribution in [0.1, 0.15) is 18.1 Å². The Hall–Kier alpha value is -2.80. The molecular formula is C18H19ClN2O5. The van der Waals surface area contributed by atoms with Crippen LogP contribution in [0.5, 0.6) is 11.5 Å². The van der Waals surface area contributed by atoms with E-state index >= 15 is 0 Å². The molecule has 0 saturated heterocycles. The summed E-state index contributed by atoms with van der Waals surface area (Å²) < 4.78 is 10.8. The first-order valence-corrected chi connectivity index (χ1v) is 8.17.